The maximum Gasteiger partial charge on any atom is 0.416 e. The van der Waals surface area contributed by atoms with Crippen LogP contribution >= 0.6 is 0 Å². The van der Waals surface area contributed by atoms with E-state index in [9.17, 15) is 18.0 Å². The summed E-state index contributed by atoms with van der Waals surface area (Å²) in [5.41, 5.74) is 6.68. The average molecular weight is 294 g/mol. The first kappa shape index (κ1) is 14.9. The van der Waals surface area contributed by atoms with Crippen molar-refractivity contribution in [1.29, 1.82) is 0 Å². The van der Waals surface area contributed by atoms with Crippen molar-refractivity contribution in [2.24, 2.45) is 0 Å². The first-order chi connectivity index (χ1) is 9.77. The minimum Gasteiger partial charge on any atom is -0.398 e. The molecule has 0 spiro atoms. The summed E-state index contributed by atoms with van der Waals surface area (Å²) in [6.07, 6.45) is -4.40. The Morgan fingerprint density at radius 1 is 1.10 bits per heavy atom. The molecule has 0 fully saturated rings. The molecule has 110 valence electrons. The normalized spacial score (nSPS) is 11.2. The van der Waals surface area contributed by atoms with E-state index in [1.54, 1.807) is 18.2 Å². The third-order valence-electron chi connectivity index (χ3n) is 2.92. The molecule has 0 radical (unpaired) electrons. The number of nitrogen functional groups attached to an aromatic ring is 1. The van der Waals surface area contributed by atoms with Gasteiger partial charge >= 0.3 is 6.18 Å². The van der Waals surface area contributed by atoms with E-state index in [2.05, 4.69) is 5.32 Å². The number of aryl methyl sites for hydroxylation is 1. The van der Waals surface area contributed by atoms with Crippen LogP contribution in [0.1, 0.15) is 21.5 Å². The van der Waals surface area contributed by atoms with Crippen molar-refractivity contribution < 1.29 is 18.0 Å². The quantitative estimate of drug-likeness (QED) is 0.827. The zero-order valence-electron chi connectivity index (χ0n) is 11.2. The van der Waals surface area contributed by atoms with E-state index in [4.69, 9.17) is 5.73 Å². The Labute approximate surface area is 119 Å². The van der Waals surface area contributed by atoms with Crippen LogP contribution in [0.4, 0.5) is 24.5 Å². The third-order valence-corrected chi connectivity index (χ3v) is 2.92. The van der Waals surface area contributed by atoms with Gasteiger partial charge < -0.3 is 11.1 Å². The lowest BCUT2D eigenvalue weighted by Gasteiger charge is -2.10. The van der Waals surface area contributed by atoms with Gasteiger partial charge in [0.15, 0.2) is 0 Å². The summed E-state index contributed by atoms with van der Waals surface area (Å²) in [7, 11) is 0. The second kappa shape index (κ2) is 5.47. The number of benzene rings is 2. The first-order valence-electron chi connectivity index (χ1n) is 6.12. The zero-order chi connectivity index (χ0) is 15.6. The number of hydrogen-bond acceptors (Lipinski definition) is 2. The minimum absolute atomic E-state index is 0.272. The highest BCUT2D eigenvalue weighted by Gasteiger charge is 2.30. The Hall–Kier alpha value is -2.50. The van der Waals surface area contributed by atoms with Crippen LogP contribution in [0.3, 0.4) is 0 Å². The molecule has 2 rings (SSSR count). The van der Waals surface area contributed by atoms with Crippen molar-refractivity contribution in [1.82, 2.24) is 0 Å². The topological polar surface area (TPSA) is 55.1 Å². The molecule has 0 aliphatic carbocycles. The monoisotopic (exact) mass is 294 g/mol. The summed E-state index contributed by atoms with van der Waals surface area (Å²) in [6.45, 7) is 1.81. The van der Waals surface area contributed by atoms with Crippen molar-refractivity contribution in [3.8, 4) is 0 Å². The van der Waals surface area contributed by atoms with E-state index in [0.717, 1.165) is 17.7 Å². The molecule has 0 aliphatic heterocycles. The molecule has 0 aromatic heterocycles. The first-order valence-corrected chi connectivity index (χ1v) is 6.12. The number of amides is 1. The van der Waals surface area contributed by atoms with Gasteiger partial charge in [-0.05, 0) is 43.3 Å². The highest BCUT2D eigenvalue weighted by Crippen LogP contribution is 2.30. The van der Waals surface area contributed by atoms with Gasteiger partial charge in [-0.15, -0.1) is 0 Å². The summed E-state index contributed by atoms with van der Waals surface area (Å²) in [5.74, 6) is -0.462. The Kier molecular flexibility index (Phi) is 3.88. The SMILES string of the molecule is Cc1ccc(N)c(C(=O)Nc2ccc(C(F)(F)F)cc2)c1. The number of halogens is 3. The summed E-state index contributed by atoms with van der Waals surface area (Å²) in [6, 6.07) is 9.22. The van der Waals surface area contributed by atoms with E-state index in [1.165, 1.54) is 12.1 Å². The van der Waals surface area contributed by atoms with Gasteiger partial charge in [0.2, 0.25) is 0 Å². The Morgan fingerprint density at radius 3 is 2.29 bits per heavy atom. The number of carbonyl (C=O) groups excluding carboxylic acids is 1. The van der Waals surface area contributed by atoms with Crippen LogP contribution < -0.4 is 11.1 Å². The Morgan fingerprint density at radius 2 is 1.71 bits per heavy atom. The van der Waals surface area contributed by atoms with Crippen LogP contribution in [0, 0.1) is 6.92 Å². The van der Waals surface area contributed by atoms with Gasteiger partial charge in [-0.3, -0.25) is 4.79 Å². The lowest BCUT2D eigenvalue weighted by Crippen LogP contribution is -2.14. The van der Waals surface area contributed by atoms with E-state index in [-0.39, 0.29) is 11.3 Å². The molecule has 0 saturated carbocycles. The number of nitrogens with two attached hydrogens (primary N) is 1. The molecule has 21 heavy (non-hydrogen) atoms. The summed E-state index contributed by atoms with van der Waals surface area (Å²) in [5, 5.41) is 2.52. The molecule has 3 nitrogen and oxygen atoms in total. The number of alkyl halides is 3. The molecule has 1 amide bonds. The van der Waals surface area contributed by atoms with Gasteiger partial charge in [-0.1, -0.05) is 11.6 Å². The average Bonchev–Trinajstić information content (AvgIpc) is 2.41. The molecule has 3 N–H and O–H groups in total. The molecular weight excluding hydrogens is 281 g/mol. The number of nitrogens with one attached hydrogen (secondary N) is 1. The van der Waals surface area contributed by atoms with E-state index in [0.29, 0.717) is 5.69 Å². The van der Waals surface area contributed by atoms with Crippen LogP contribution in [0.2, 0.25) is 0 Å². The van der Waals surface area contributed by atoms with Crippen LogP contribution in [-0.2, 0) is 6.18 Å². The fraction of sp³-hybridized carbons (Fsp3) is 0.133. The molecule has 0 heterocycles. The highest BCUT2D eigenvalue weighted by molar-refractivity contribution is 6.07. The summed E-state index contributed by atoms with van der Waals surface area (Å²) in [4.78, 5) is 12.1. The van der Waals surface area contributed by atoms with Gasteiger partial charge in [0, 0.05) is 11.4 Å². The lowest BCUT2D eigenvalue weighted by atomic mass is 10.1. The second-order valence-electron chi connectivity index (χ2n) is 4.62. The molecule has 6 heteroatoms. The molecule has 0 unspecified atom stereocenters. The zero-order valence-corrected chi connectivity index (χ0v) is 11.2. The van der Waals surface area contributed by atoms with Crippen molar-refractivity contribution in [3.05, 3.63) is 59.2 Å². The van der Waals surface area contributed by atoms with E-state index < -0.39 is 17.6 Å². The smallest absolute Gasteiger partial charge is 0.398 e. The number of rotatable bonds is 2. The van der Waals surface area contributed by atoms with Gasteiger partial charge in [-0.2, -0.15) is 13.2 Å². The van der Waals surface area contributed by atoms with Crippen molar-refractivity contribution in [2.75, 3.05) is 11.1 Å². The van der Waals surface area contributed by atoms with Crippen LogP contribution in [-0.4, -0.2) is 5.91 Å². The highest BCUT2D eigenvalue weighted by atomic mass is 19.4. The molecule has 2 aromatic carbocycles. The van der Waals surface area contributed by atoms with Crippen molar-refractivity contribution in [2.45, 2.75) is 13.1 Å². The predicted molar refractivity (Wildman–Crippen MR) is 75.0 cm³/mol. The molecular formula is C15H13F3N2O. The molecule has 0 saturated heterocycles. The largest absolute Gasteiger partial charge is 0.416 e. The predicted octanol–water partition coefficient (Wildman–Crippen LogP) is 3.85. The summed E-state index contributed by atoms with van der Waals surface area (Å²) < 4.78 is 37.3. The number of carbonyl (C=O) groups is 1. The number of anilines is 2. The van der Waals surface area contributed by atoms with Crippen LogP contribution in [0.25, 0.3) is 0 Å². The van der Waals surface area contributed by atoms with Gasteiger partial charge in [0.1, 0.15) is 0 Å². The van der Waals surface area contributed by atoms with Crippen LogP contribution in [0.5, 0.6) is 0 Å². The van der Waals surface area contributed by atoms with E-state index >= 15 is 0 Å². The summed E-state index contributed by atoms with van der Waals surface area (Å²) >= 11 is 0. The minimum atomic E-state index is -4.40. The lowest BCUT2D eigenvalue weighted by molar-refractivity contribution is -0.137. The van der Waals surface area contributed by atoms with Gasteiger partial charge in [-0.25, -0.2) is 0 Å². The second-order valence-corrected chi connectivity index (χ2v) is 4.62. The van der Waals surface area contributed by atoms with Crippen molar-refractivity contribution >= 4 is 17.3 Å². The van der Waals surface area contributed by atoms with Gasteiger partial charge in [0.05, 0.1) is 11.1 Å². The molecule has 0 aliphatic rings. The van der Waals surface area contributed by atoms with Crippen LogP contribution in [0.15, 0.2) is 42.5 Å². The number of hydrogen-bond donors (Lipinski definition) is 2. The maximum absolute atomic E-state index is 12.4. The molecule has 0 atom stereocenters. The molecule has 0 bridgehead atoms. The Balaban J connectivity index is 2.18. The fourth-order valence-electron chi connectivity index (χ4n) is 1.81. The van der Waals surface area contributed by atoms with E-state index in [1.807, 2.05) is 6.92 Å². The fourth-order valence-corrected chi connectivity index (χ4v) is 1.81. The molecule has 2 aromatic rings. The Bertz CT molecular complexity index is 664. The van der Waals surface area contributed by atoms with Crippen molar-refractivity contribution in [3.63, 3.8) is 0 Å². The van der Waals surface area contributed by atoms with Gasteiger partial charge in [0.25, 0.3) is 5.91 Å². The third kappa shape index (κ3) is 3.53. The maximum atomic E-state index is 12.4. The standard InChI is InChI=1S/C15H13F3N2O/c1-9-2-7-13(19)12(8-9)14(21)20-11-5-3-10(4-6-11)15(16,17)18/h2-8H,19H2,1H3,(H,20,21).